The lowest BCUT2D eigenvalue weighted by molar-refractivity contribution is -0.133. The minimum Gasteiger partial charge on any atom is -0.338 e. The summed E-state index contributed by atoms with van der Waals surface area (Å²) >= 11 is 0. The zero-order valence-corrected chi connectivity index (χ0v) is 22.4. The van der Waals surface area contributed by atoms with Gasteiger partial charge in [-0.3, -0.25) is 19.6 Å². The van der Waals surface area contributed by atoms with E-state index in [2.05, 4.69) is 22.1 Å². The molecule has 206 valence electrons. The molecule has 1 aliphatic carbocycles. The van der Waals surface area contributed by atoms with Crippen LogP contribution in [0.5, 0.6) is 0 Å². The first-order valence-corrected chi connectivity index (χ1v) is 13.5. The Labute approximate surface area is 223 Å². The summed E-state index contributed by atoms with van der Waals surface area (Å²) in [7, 11) is 0. The molecule has 1 saturated carbocycles. The molecule has 1 aromatic carbocycles. The highest BCUT2D eigenvalue weighted by atomic mass is 16.2. The van der Waals surface area contributed by atoms with Crippen LogP contribution in [0.15, 0.2) is 41.3 Å². The van der Waals surface area contributed by atoms with E-state index < -0.39 is 11.7 Å². The third kappa shape index (κ3) is 6.77. The number of nitrogens with two attached hydrogens (primary N) is 2. The number of carbonyl (C=O) groups excluding carboxylic acids is 2. The molecule has 2 fully saturated rings. The lowest BCUT2D eigenvalue weighted by atomic mass is 9.90. The first-order valence-electron chi connectivity index (χ1n) is 13.5. The lowest BCUT2D eigenvalue weighted by Gasteiger charge is -2.35. The Hall–Kier alpha value is -3.28. The zero-order valence-electron chi connectivity index (χ0n) is 22.4. The molecule has 2 aliphatic rings. The van der Waals surface area contributed by atoms with Crippen molar-refractivity contribution in [1.29, 1.82) is 0 Å². The van der Waals surface area contributed by atoms with Crippen LogP contribution in [0.3, 0.4) is 0 Å². The quantitative estimate of drug-likeness (QED) is 0.496. The monoisotopic (exact) mass is 524 g/mol. The van der Waals surface area contributed by atoms with E-state index in [9.17, 15) is 14.4 Å². The second-order valence-corrected chi connectivity index (χ2v) is 10.3. The SMILES string of the molecule is CCN(Cc1ccc(-n2ccc(NC(=O)N3CCN(C(=O)[C@@H](C)N)CC3)nc2=O)cc1)[C@H]1CC[C@H](N)CC1. The number of hydrogen-bond acceptors (Lipinski definition) is 7. The molecule has 1 aromatic heterocycles. The van der Waals surface area contributed by atoms with Gasteiger partial charge in [0.05, 0.1) is 11.7 Å². The number of rotatable bonds is 7. The number of nitrogens with zero attached hydrogens (tertiary/aromatic N) is 5. The smallest absolute Gasteiger partial charge is 0.338 e. The highest BCUT2D eigenvalue weighted by molar-refractivity contribution is 5.88. The fourth-order valence-corrected chi connectivity index (χ4v) is 5.24. The largest absolute Gasteiger partial charge is 0.354 e. The molecule has 0 radical (unpaired) electrons. The third-order valence-electron chi connectivity index (χ3n) is 7.57. The predicted octanol–water partition coefficient (Wildman–Crippen LogP) is 1.35. The summed E-state index contributed by atoms with van der Waals surface area (Å²) in [6.07, 6.45) is 6.06. The normalized spacial score (nSPS) is 20.9. The summed E-state index contributed by atoms with van der Waals surface area (Å²) in [5.74, 6) is 0.0632. The van der Waals surface area contributed by atoms with Gasteiger partial charge in [0.25, 0.3) is 0 Å². The van der Waals surface area contributed by atoms with E-state index >= 15 is 0 Å². The Kier molecular flexibility index (Phi) is 9.13. The van der Waals surface area contributed by atoms with Crippen LogP contribution in [0.2, 0.25) is 0 Å². The molecule has 4 rings (SSSR count). The molecule has 1 saturated heterocycles. The lowest BCUT2D eigenvalue weighted by Crippen LogP contribution is -2.54. The molecule has 2 heterocycles. The summed E-state index contributed by atoms with van der Waals surface area (Å²) in [6.45, 7) is 7.31. The Bertz CT molecular complexity index is 1150. The van der Waals surface area contributed by atoms with Gasteiger partial charge in [-0.15, -0.1) is 0 Å². The minimum absolute atomic E-state index is 0.125. The van der Waals surface area contributed by atoms with Crippen LogP contribution in [0.25, 0.3) is 5.69 Å². The molecule has 11 heteroatoms. The number of aromatic nitrogens is 2. The molecule has 11 nitrogen and oxygen atoms in total. The summed E-state index contributed by atoms with van der Waals surface area (Å²) in [4.78, 5) is 47.2. The number of benzene rings is 1. The minimum atomic E-state index is -0.560. The van der Waals surface area contributed by atoms with Gasteiger partial charge in [-0.25, -0.2) is 9.59 Å². The number of hydrogen-bond donors (Lipinski definition) is 3. The molecule has 2 aromatic rings. The highest BCUT2D eigenvalue weighted by Crippen LogP contribution is 2.24. The third-order valence-corrected chi connectivity index (χ3v) is 7.57. The van der Waals surface area contributed by atoms with E-state index in [1.807, 2.05) is 24.3 Å². The van der Waals surface area contributed by atoms with Gasteiger partial charge in [-0.2, -0.15) is 4.98 Å². The average Bonchev–Trinajstić information content (AvgIpc) is 2.92. The van der Waals surface area contributed by atoms with E-state index in [4.69, 9.17) is 11.5 Å². The molecule has 38 heavy (non-hydrogen) atoms. The number of carbonyl (C=O) groups is 2. The van der Waals surface area contributed by atoms with Crippen molar-refractivity contribution in [2.24, 2.45) is 11.5 Å². The van der Waals surface area contributed by atoms with Gasteiger partial charge in [-0.05, 0) is 62.9 Å². The van der Waals surface area contributed by atoms with Crippen molar-refractivity contribution in [3.63, 3.8) is 0 Å². The molecule has 1 aliphatic heterocycles. The predicted molar refractivity (Wildman–Crippen MR) is 147 cm³/mol. The fraction of sp³-hybridized carbons (Fsp3) is 0.556. The molecular weight excluding hydrogens is 484 g/mol. The number of urea groups is 1. The van der Waals surface area contributed by atoms with Gasteiger partial charge in [0.1, 0.15) is 5.82 Å². The topological polar surface area (TPSA) is 143 Å². The van der Waals surface area contributed by atoms with E-state index in [0.29, 0.717) is 44.0 Å². The van der Waals surface area contributed by atoms with Crippen molar-refractivity contribution >= 4 is 17.8 Å². The van der Waals surface area contributed by atoms with Gasteiger partial charge in [0, 0.05) is 51.0 Å². The van der Waals surface area contributed by atoms with E-state index in [0.717, 1.165) is 38.8 Å². The molecule has 5 N–H and O–H groups in total. The summed E-state index contributed by atoms with van der Waals surface area (Å²) < 4.78 is 1.46. The van der Waals surface area contributed by atoms with Crippen molar-refractivity contribution in [3.05, 3.63) is 52.6 Å². The van der Waals surface area contributed by atoms with Crippen LogP contribution in [0, 0.1) is 0 Å². The van der Waals surface area contributed by atoms with E-state index in [1.165, 1.54) is 10.1 Å². The molecule has 1 atom stereocenters. The summed E-state index contributed by atoms with van der Waals surface area (Å²) in [6, 6.07) is 9.53. The van der Waals surface area contributed by atoms with Gasteiger partial charge in [0.15, 0.2) is 0 Å². The van der Waals surface area contributed by atoms with Crippen molar-refractivity contribution in [2.45, 2.75) is 64.2 Å². The first-order chi connectivity index (χ1) is 18.2. The fourth-order valence-electron chi connectivity index (χ4n) is 5.24. The number of piperazine rings is 1. The second-order valence-electron chi connectivity index (χ2n) is 10.3. The zero-order chi connectivity index (χ0) is 27.2. The van der Waals surface area contributed by atoms with Crippen LogP contribution in [-0.2, 0) is 11.3 Å². The van der Waals surface area contributed by atoms with Crippen LogP contribution in [0.1, 0.15) is 45.1 Å². The van der Waals surface area contributed by atoms with Crippen molar-refractivity contribution in [1.82, 2.24) is 24.3 Å². The average molecular weight is 525 g/mol. The molecular formula is C27H40N8O3. The Balaban J connectivity index is 1.33. The van der Waals surface area contributed by atoms with Crippen LogP contribution in [-0.4, -0.2) is 87.0 Å². The maximum atomic E-state index is 12.7. The number of amides is 3. The van der Waals surface area contributed by atoms with Gasteiger partial charge < -0.3 is 21.3 Å². The summed E-state index contributed by atoms with van der Waals surface area (Å²) in [5, 5.41) is 2.69. The summed E-state index contributed by atoms with van der Waals surface area (Å²) in [5.41, 5.74) is 13.2. The van der Waals surface area contributed by atoms with E-state index in [-0.39, 0.29) is 17.8 Å². The maximum Gasteiger partial charge on any atom is 0.354 e. The maximum absolute atomic E-state index is 12.7. The Morgan fingerprint density at radius 3 is 2.26 bits per heavy atom. The molecule has 0 unspecified atom stereocenters. The molecule has 0 bridgehead atoms. The van der Waals surface area contributed by atoms with Crippen LogP contribution < -0.4 is 22.5 Å². The van der Waals surface area contributed by atoms with Crippen molar-refractivity contribution in [2.75, 3.05) is 38.0 Å². The van der Waals surface area contributed by atoms with Gasteiger partial charge in [0.2, 0.25) is 5.91 Å². The number of anilines is 1. The Morgan fingerprint density at radius 2 is 1.68 bits per heavy atom. The van der Waals surface area contributed by atoms with Gasteiger partial charge >= 0.3 is 11.7 Å². The van der Waals surface area contributed by atoms with Crippen LogP contribution >= 0.6 is 0 Å². The van der Waals surface area contributed by atoms with E-state index in [1.54, 1.807) is 29.0 Å². The Morgan fingerprint density at radius 1 is 1.05 bits per heavy atom. The number of nitrogens with one attached hydrogen (secondary N) is 1. The second kappa shape index (κ2) is 12.5. The van der Waals surface area contributed by atoms with Crippen LogP contribution in [0.4, 0.5) is 10.6 Å². The first kappa shape index (κ1) is 27.7. The molecule has 0 spiro atoms. The van der Waals surface area contributed by atoms with Gasteiger partial charge in [-0.1, -0.05) is 19.1 Å². The van der Waals surface area contributed by atoms with Crippen molar-refractivity contribution < 1.29 is 9.59 Å². The highest BCUT2D eigenvalue weighted by Gasteiger charge is 2.26. The molecule has 3 amide bonds. The van der Waals surface area contributed by atoms with Crippen molar-refractivity contribution in [3.8, 4) is 5.69 Å². The standard InChI is InChI=1S/C27H40N8O3/c1-3-32(22-10-6-21(29)7-11-22)18-20-4-8-23(9-5-20)35-13-12-24(31-27(35)38)30-26(37)34-16-14-33(15-17-34)25(36)19(2)28/h4-5,8-9,12-13,19,21-22H,3,6-7,10-11,14-18,28-29H2,1-2H3,(H,30,31,37,38)/t19-,21-,22-/m1/s1.